The molecule has 1 heterocycles. The Morgan fingerprint density at radius 1 is 0.905 bits per heavy atom. The van der Waals surface area contributed by atoms with Gasteiger partial charge in [0.25, 0.3) is 11.5 Å². The van der Waals surface area contributed by atoms with E-state index >= 15 is 0 Å². The normalized spacial score (nSPS) is 19.4. The summed E-state index contributed by atoms with van der Waals surface area (Å²) >= 11 is 0. The van der Waals surface area contributed by atoms with Gasteiger partial charge >= 0.3 is 0 Å². The first-order valence-electron chi connectivity index (χ1n) is 8.34. The molecule has 118 valence electrons. The van der Waals surface area contributed by atoms with Crippen molar-refractivity contribution in [3.8, 4) is 0 Å². The number of aromatic nitrogens is 2. The van der Waals surface area contributed by atoms with E-state index < -0.39 is 0 Å². The zero-order valence-corrected chi connectivity index (χ0v) is 12.7. The third kappa shape index (κ3) is 5.78. The molecule has 0 atom stereocenters. The molecule has 0 radical (unpaired) electrons. The Labute approximate surface area is 125 Å². The van der Waals surface area contributed by atoms with E-state index in [0.29, 0.717) is 5.69 Å². The summed E-state index contributed by atoms with van der Waals surface area (Å²) in [5.74, 6) is -0.176. The molecule has 0 saturated heterocycles. The van der Waals surface area contributed by atoms with Crippen molar-refractivity contribution in [3.63, 3.8) is 0 Å². The first-order chi connectivity index (χ1) is 10.3. The molecule has 1 aliphatic rings. The van der Waals surface area contributed by atoms with Gasteiger partial charge in [-0.05, 0) is 12.8 Å². The highest BCUT2D eigenvalue weighted by atomic mass is 16.2. The van der Waals surface area contributed by atoms with Crippen LogP contribution in [0.1, 0.15) is 81.1 Å². The van der Waals surface area contributed by atoms with Gasteiger partial charge in [-0.3, -0.25) is 19.8 Å². The summed E-state index contributed by atoms with van der Waals surface area (Å²) < 4.78 is 0. The molecule has 5 heteroatoms. The number of carbonyl (C=O) groups is 1. The molecule has 0 aromatic carbocycles. The minimum Gasteiger partial charge on any atom is -0.348 e. The Hall–Kier alpha value is -1.52. The molecule has 5 nitrogen and oxygen atoms in total. The second kappa shape index (κ2) is 8.70. The summed E-state index contributed by atoms with van der Waals surface area (Å²) in [4.78, 5) is 23.2. The minimum atomic E-state index is -0.265. The van der Waals surface area contributed by atoms with Crippen LogP contribution in [0.15, 0.2) is 10.9 Å². The molecule has 0 spiro atoms. The molecule has 1 fully saturated rings. The predicted molar refractivity (Wildman–Crippen MR) is 83.5 cm³/mol. The van der Waals surface area contributed by atoms with Crippen LogP contribution in [0.5, 0.6) is 0 Å². The Bertz CT molecular complexity index is 466. The van der Waals surface area contributed by atoms with Crippen molar-refractivity contribution >= 4 is 5.91 Å². The molecule has 1 aromatic heterocycles. The van der Waals surface area contributed by atoms with Gasteiger partial charge in [-0.1, -0.05) is 57.8 Å². The van der Waals surface area contributed by atoms with Crippen LogP contribution in [0.3, 0.4) is 0 Å². The molecule has 21 heavy (non-hydrogen) atoms. The van der Waals surface area contributed by atoms with Gasteiger partial charge in [0.2, 0.25) is 0 Å². The van der Waals surface area contributed by atoms with Gasteiger partial charge in [0.15, 0.2) is 0 Å². The van der Waals surface area contributed by atoms with Crippen LogP contribution in [0.25, 0.3) is 0 Å². The van der Waals surface area contributed by atoms with E-state index in [-0.39, 0.29) is 17.5 Å². The van der Waals surface area contributed by atoms with Crippen LogP contribution in [0, 0.1) is 0 Å². The maximum absolute atomic E-state index is 12.1. The Morgan fingerprint density at radius 3 is 1.90 bits per heavy atom. The van der Waals surface area contributed by atoms with E-state index in [1.54, 1.807) is 0 Å². The van der Waals surface area contributed by atoms with Crippen molar-refractivity contribution in [1.29, 1.82) is 0 Å². The highest BCUT2D eigenvalue weighted by Crippen LogP contribution is 2.17. The fraction of sp³-hybridized carbons (Fsp3) is 0.750. The molecular formula is C16H27N3O2. The lowest BCUT2D eigenvalue weighted by atomic mass is 9.98. The molecule has 0 unspecified atom stereocenters. The standard InChI is InChI=1S/C16H27N3O2/c20-15-12-14(18-19-15)16(21)17-13-10-8-6-4-2-1-3-5-7-9-11-13/h12-13H,1-11H2,(H,17,21)(H2,18,19,20). The summed E-state index contributed by atoms with van der Waals surface area (Å²) in [6, 6.07) is 1.54. The Morgan fingerprint density at radius 2 is 1.43 bits per heavy atom. The first-order valence-corrected chi connectivity index (χ1v) is 8.34. The van der Waals surface area contributed by atoms with E-state index in [1.165, 1.54) is 63.9 Å². The van der Waals surface area contributed by atoms with Gasteiger partial charge in [-0.15, -0.1) is 0 Å². The average molecular weight is 293 g/mol. The zero-order chi connectivity index (χ0) is 14.9. The van der Waals surface area contributed by atoms with Gasteiger partial charge in [0, 0.05) is 12.1 Å². The number of H-pyrrole nitrogens is 2. The Balaban J connectivity index is 1.85. The third-order valence-electron chi connectivity index (χ3n) is 4.28. The van der Waals surface area contributed by atoms with E-state index in [9.17, 15) is 9.59 Å². The van der Waals surface area contributed by atoms with Gasteiger partial charge in [-0.2, -0.15) is 0 Å². The van der Waals surface area contributed by atoms with Crippen LogP contribution in [0.4, 0.5) is 0 Å². The second-order valence-electron chi connectivity index (χ2n) is 6.10. The predicted octanol–water partition coefficient (Wildman–Crippen LogP) is 3.11. The fourth-order valence-corrected chi connectivity index (χ4v) is 3.03. The molecule has 0 bridgehead atoms. The molecule has 3 N–H and O–H groups in total. The zero-order valence-electron chi connectivity index (χ0n) is 12.7. The minimum absolute atomic E-state index is 0.176. The van der Waals surface area contributed by atoms with Crippen molar-refractivity contribution in [3.05, 3.63) is 22.1 Å². The van der Waals surface area contributed by atoms with Gasteiger partial charge in [-0.25, -0.2) is 0 Å². The summed E-state index contributed by atoms with van der Waals surface area (Å²) in [7, 11) is 0. The monoisotopic (exact) mass is 293 g/mol. The topological polar surface area (TPSA) is 77.8 Å². The number of hydrogen-bond donors (Lipinski definition) is 3. The van der Waals surface area contributed by atoms with Crippen LogP contribution in [0.2, 0.25) is 0 Å². The summed E-state index contributed by atoms with van der Waals surface area (Å²) in [5.41, 5.74) is 0.0601. The van der Waals surface area contributed by atoms with Crippen LogP contribution < -0.4 is 10.9 Å². The van der Waals surface area contributed by atoms with Crippen molar-refractivity contribution in [2.24, 2.45) is 0 Å². The van der Waals surface area contributed by atoms with Crippen molar-refractivity contribution in [2.45, 2.75) is 76.7 Å². The maximum atomic E-state index is 12.1. The van der Waals surface area contributed by atoms with Gasteiger partial charge < -0.3 is 5.32 Å². The molecule has 2 rings (SSSR count). The van der Waals surface area contributed by atoms with Crippen molar-refractivity contribution in [2.75, 3.05) is 0 Å². The average Bonchev–Trinajstić information content (AvgIpc) is 2.88. The number of hydrogen-bond acceptors (Lipinski definition) is 2. The highest BCUT2D eigenvalue weighted by molar-refractivity contribution is 5.92. The largest absolute Gasteiger partial charge is 0.348 e. The summed E-state index contributed by atoms with van der Waals surface area (Å²) in [6.45, 7) is 0. The molecule has 1 aromatic rings. The third-order valence-corrected chi connectivity index (χ3v) is 4.28. The van der Waals surface area contributed by atoms with Crippen LogP contribution in [-0.4, -0.2) is 22.1 Å². The lowest BCUT2D eigenvalue weighted by Crippen LogP contribution is -2.35. The number of nitrogens with one attached hydrogen (secondary N) is 3. The maximum Gasteiger partial charge on any atom is 0.269 e. The van der Waals surface area contributed by atoms with Crippen LogP contribution >= 0.6 is 0 Å². The lowest BCUT2D eigenvalue weighted by Gasteiger charge is -2.19. The lowest BCUT2D eigenvalue weighted by molar-refractivity contribution is 0.0926. The fourth-order valence-electron chi connectivity index (χ4n) is 3.03. The Kier molecular flexibility index (Phi) is 6.57. The SMILES string of the molecule is O=C(NC1CCCCCCCCCCC1)c1cc(=O)[nH][nH]1. The molecule has 1 saturated carbocycles. The molecule has 0 aliphatic heterocycles. The molecular weight excluding hydrogens is 266 g/mol. The number of carbonyl (C=O) groups excluding carboxylic acids is 1. The molecule has 1 amide bonds. The van der Waals surface area contributed by atoms with Crippen molar-refractivity contribution in [1.82, 2.24) is 15.5 Å². The number of aromatic amines is 2. The molecule has 1 aliphatic carbocycles. The van der Waals surface area contributed by atoms with Crippen molar-refractivity contribution < 1.29 is 4.79 Å². The second-order valence-corrected chi connectivity index (χ2v) is 6.10. The summed E-state index contributed by atoms with van der Waals surface area (Å²) in [6.07, 6.45) is 13.6. The van der Waals surface area contributed by atoms with E-state index in [4.69, 9.17) is 0 Å². The van der Waals surface area contributed by atoms with E-state index in [1.807, 2.05) is 0 Å². The quantitative estimate of drug-likeness (QED) is 0.783. The first kappa shape index (κ1) is 15.9. The van der Waals surface area contributed by atoms with E-state index in [2.05, 4.69) is 15.5 Å². The summed E-state index contributed by atoms with van der Waals surface area (Å²) in [5, 5.41) is 8.09. The van der Waals surface area contributed by atoms with E-state index in [0.717, 1.165) is 12.8 Å². The van der Waals surface area contributed by atoms with Crippen LogP contribution in [-0.2, 0) is 0 Å². The highest BCUT2D eigenvalue weighted by Gasteiger charge is 2.15. The van der Waals surface area contributed by atoms with Gasteiger partial charge in [0.05, 0.1) is 0 Å². The van der Waals surface area contributed by atoms with Gasteiger partial charge in [0.1, 0.15) is 5.69 Å². The number of rotatable bonds is 2. The number of amides is 1. The smallest absolute Gasteiger partial charge is 0.269 e.